The van der Waals surface area contributed by atoms with Gasteiger partial charge < -0.3 is 4.74 Å². The van der Waals surface area contributed by atoms with E-state index in [1.54, 1.807) is 42.2 Å². The van der Waals surface area contributed by atoms with E-state index in [1.807, 2.05) is 42.6 Å². The van der Waals surface area contributed by atoms with Gasteiger partial charge in [0.25, 0.3) is 0 Å². The number of allylic oxidation sites excluding steroid dienone is 2. The van der Waals surface area contributed by atoms with Crippen LogP contribution in [0.4, 0.5) is 4.39 Å². The Kier molecular flexibility index (Phi) is 6.54. The first-order valence-electron chi connectivity index (χ1n) is 11.8. The lowest BCUT2D eigenvalue weighted by atomic mass is 9.74. The summed E-state index contributed by atoms with van der Waals surface area (Å²) in [6, 6.07) is 19.4. The smallest absolute Gasteiger partial charge is 0.317 e. The fourth-order valence-electron chi connectivity index (χ4n) is 4.62. The second kappa shape index (κ2) is 10.1. The maximum absolute atomic E-state index is 13.7. The molecule has 2 heterocycles. The van der Waals surface area contributed by atoms with Gasteiger partial charge in [0, 0.05) is 35.6 Å². The van der Waals surface area contributed by atoms with E-state index in [1.165, 1.54) is 18.2 Å². The van der Waals surface area contributed by atoms with Crippen molar-refractivity contribution in [3.8, 4) is 16.9 Å². The summed E-state index contributed by atoms with van der Waals surface area (Å²) < 4.78 is 20.7. The number of aromatic nitrogens is 3. The van der Waals surface area contributed by atoms with E-state index in [0.717, 1.165) is 28.0 Å². The Labute approximate surface area is 208 Å². The van der Waals surface area contributed by atoms with Crippen molar-refractivity contribution in [2.45, 2.75) is 19.3 Å². The molecular formula is C29H24FN3O3. The van der Waals surface area contributed by atoms with E-state index in [4.69, 9.17) is 9.84 Å². The van der Waals surface area contributed by atoms with Crippen molar-refractivity contribution in [3.05, 3.63) is 108 Å². The number of para-hydroxylation sites is 1. The quantitative estimate of drug-likeness (QED) is 0.273. The van der Waals surface area contributed by atoms with Crippen LogP contribution in [0.15, 0.2) is 91.4 Å². The molecule has 2 atom stereocenters. The monoisotopic (exact) mass is 481 g/mol. The van der Waals surface area contributed by atoms with Crippen molar-refractivity contribution in [1.82, 2.24) is 14.8 Å². The Balaban J connectivity index is 1.63. The maximum Gasteiger partial charge on any atom is 0.317 e. The van der Waals surface area contributed by atoms with Crippen LogP contribution in [-0.2, 0) is 14.3 Å². The Morgan fingerprint density at radius 2 is 1.86 bits per heavy atom. The van der Waals surface area contributed by atoms with Gasteiger partial charge in [-0.05, 0) is 73.0 Å². The maximum atomic E-state index is 13.7. The molecule has 1 aliphatic carbocycles. The van der Waals surface area contributed by atoms with Gasteiger partial charge in [0.15, 0.2) is 5.78 Å². The standard InChI is InChI=1S/C29H24FN3O3/c1-2-36-29(35)27-24(20-7-6-14-31-17-20)15-21(16-26(27)34)25-18-33(23-8-4-3-5-9-23)32-28(25)19-10-12-22(30)13-11-19/h3-14,16-18,24,27H,2,15H2,1H3. The molecule has 0 radical (unpaired) electrons. The lowest BCUT2D eigenvalue weighted by molar-refractivity contribution is -0.151. The first-order valence-corrected chi connectivity index (χ1v) is 11.8. The molecule has 2 aromatic heterocycles. The summed E-state index contributed by atoms with van der Waals surface area (Å²) in [6.45, 7) is 1.91. The van der Waals surface area contributed by atoms with E-state index in [0.29, 0.717) is 12.1 Å². The van der Waals surface area contributed by atoms with E-state index >= 15 is 0 Å². The van der Waals surface area contributed by atoms with Gasteiger partial charge in [-0.25, -0.2) is 9.07 Å². The largest absolute Gasteiger partial charge is 0.465 e. The van der Waals surface area contributed by atoms with Gasteiger partial charge >= 0.3 is 5.97 Å². The first-order chi connectivity index (χ1) is 17.5. The molecule has 0 spiro atoms. The highest BCUT2D eigenvalue weighted by molar-refractivity contribution is 6.11. The Hall–Kier alpha value is -4.39. The number of rotatable bonds is 6. The molecule has 4 aromatic rings. The van der Waals surface area contributed by atoms with Crippen molar-refractivity contribution in [2.24, 2.45) is 5.92 Å². The van der Waals surface area contributed by atoms with E-state index < -0.39 is 17.8 Å². The number of carbonyl (C=O) groups is 2. The molecule has 0 saturated carbocycles. The van der Waals surface area contributed by atoms with Crippen LogP contribution in [-0.4, -0.2) is 33.1 Å². The highest BCUT2D eigenvalue weighted by Gasteiger charge is 2.40. The number of esters is 1. The molecule has 0 saturated heterocycles. The molecule has 5 rings (SSSR count). The van der Waals surface area contributed by atoms with E-state index in [2.05, 4.69) is 4.98 Å². The van der Waals surface area contributed by atoms with E-state index in [-0.39, 0.29) is 18.2 Å². The number of halogens is 1. The second-order valence-corrected chi connectivity index (χ2v) is 8.58. The SMILES string of the molecule is CCOC(=O)C1C(=O)C=C(c2cn(-c3ccccc3)nc2-c2ccc(F)cc2)CC1c1cccnc1. The highest BCUT2D eigenvalue weighted by atomic mass is 19.1. The van der Waals surface area contributed by atoms with Crippen LogP contribution < -0.4 is 0 Å². The van der Waals surface area contributed by atoms with Crippen LogP contribution in [0.25, 0.3) is 22.5 Å². The zero-order valence-electron chi connectivity index (χ0n) is 19.7. The predicted octanol–water partition coefficient (Wildman–Crippen LogP) is 5.39. The molecule has 0 amide bonds. The number of hydrogen-bond donors (Lipinski definition) is 0. The molecule has 0 N–H and O–H groups in total. The topological polar surface area (TPSA) is 74.1 Å². The molecule has 180 valence electrons. The summed E-state index contributed by atoms with van der Waals surface area (Å²) in [5.74, 6) is -2.59. The molecule has 0 fully saturated rings. The number of hydrogen-bond acceptors (Lipinski definition) is 5. The van der Waals surface area contributed by atoms with Crippen molar-refractivity contribution >= 4 is 17.3 Å². The fraction of sp³-hybridized carbons (Fsp3) is 0.172. The van der Waals surface area contributed by atoms with Crippen molar-refractivity contribution < 1.29 is 18.7 Å². The summed E-state index contributed by atoms with van der Waals surface area (Å²) >= 11 is 0. The van der Waals surface area contributed by atoms with Gasteiger partial charge in [-0.2, -0.15) is 5.10 Å². The number of carbonyl (C=O) groups excluding carboxylic acids is 2. The minimum atomic E-state index is -0.948. The third-order valence-corrected chi connectivity index (χ3v) is 6.32. The summed E-state index contributed by atoms with van der Waals surface area (Å²) in [5, 5.41) is 4.80. The van der Waals surface area contributed by atoms with Crippen molar-refractivity contribution in [3.63, 3.8) is 0 Å². The molecule has 1 aliphatic rings. The summed E-state index contributed by atoms with van der Waals surface area (Å²) in [5.41, 5.74) is 4.47. The number of nitrogens with zero attached hydrogens (tertiary/aromatic N) is 3. The molecular weight excluding hydrogens is 457 g/mol. The van der Waals surface area contributed by atoms with Crippen LogP contribution in [0.2, 0.25) is 0 Å². The van der Waals surface area contributed by atoms with Crippen molar-refractivity contribution in [1.29, 1.82) is 0 Å². The lowest BCUT2D eigenvalue weighted by Crippen LogP contribution is -2.34. The zero-order valence-corrected chi connectivity index (χ0v) is 19.7. The zero-order chi connectivity index (χ0) is 25.1. The number of ether oxygens (including phenoxy) is 1. The summed E-state index contributed by atoms with van der Waals surface area (Å²) in [4.78, 5) is 30.4. The van der Waals surface area contributed by atoms with Crippen LogP contribution in [0.3, 0.4) is 0 Å². The average Bonchev–Trinajstić information content (AvgIpc) is 3.35. The molecule has 0 aliphatic heterocycles. The lowest BCUT2D eigenvalue weighted by Gasteiger charge is -2.29. The van der Waals surface area contributed by atoms with Gasteiger partial charge in [0.05, 0.1) is 12.3 Å². The summed E-state index contributed by atoms with van der Waals surface area (Å²) in [6.07, 6.45) is 7.14. The highest BCUT2D eigenvalue weighted by Crippen LogP contribution is 2.42. The van der Waals surface area contributed by atoms with Gasteiger partial charge in [0.1, 0.15) is 17.4 Å². The number of ketones is 1. The third kappa shape index (κ3) is 4.60. The Morgan fingerprint density at radius 3 is 2.56 bits per heavy atom. The number of benzene rings is 2. The molecule has 7 heteroatoms. The Bertz CT molecular complexity index is 1410. The minimum Gasteiger partial charge on any atom is -0.465 e. The van der Waals surface area contributed by atoms with Crippen molar-refractivity contribution in [2.75, 3.05) is 6.61 Å². The minimum absolute atomic E-state index is 0.192. The van der Waals surface area contributed by atoms with Gasteiger partial charge in [-0.15, -0.1) is 0 Å². The molecule has 6 nitrogen and oxygen atoms in total. The molecule has 0 bridgehead atoms. The van der Waals surface area contributed by atoms with Crippen LogP contribution >= 0.6 is 0 Å². The van der Waals surface area contributed by atoms with Gasteiger partial charge in [-0.3, -0.25) is 14.6 Å². The molecule has 2 aromatic carbocycles. The van der Waals surface area contributed by atoms with Gasteiger partial charge in [-0.1, -0.05) is 24.3 Å². The van der Waals surface area contributed by atoms with Gasteiger partial charge in [0.2, 0.25) is 0 Å². The Morgan fingerprint density at radius 1 is 1.08 bits per heavy atom. The molecule has 36 heavy (non-hydrogen) atoms. The van der Waals surface area contributed by atoms with Crippen LogP contribution in [0, 0.1) is 11.7 Å². The first kappa shape index (κ1) is 23.4. The predicted molar refractivity (Wildman–Crippen MR) is 134 cm³/mol. The van der Waals surface area contributed by atoms with E-state index in [9.17, 15) is 14.0 Å². The average molecular weight is 482 g/mol. The summed E-state index contributed by atoms with van der Waals surface area (Å²) in [7, 11) is 0. The third-order valence-electron chi connectivity index (χ3n) is 6.32. The van der Waals surface area contributed by atoms with Crippen LogP contribution in [0.5, 0.6) is 0 Å². The molecule has 2 unspecified atom stereocenters. The normalized spacial score (nSPS) is 17.5. The second-order valence-electron chi connectivity index (χ2n) is 8.58. The fourth-order valence-corrected chi connectivity index (χ4v) is 4.62. The number of pyridine rings is 1. The van der Waals surface area contributed by atoms with Crippen LogP contribution in [0.1, 0.15) is 30.4 Å².